The van der Waals surface area contributed by atoms with Crippen LogP contribution in [-0.4, -0.2) is 19.4 Å². The third-order valence-electron chi connectivity index (χ3n) is 1.75. The van der Waals surface area contributed by atoms with Crippen molar-refractivity contribution in [2.75, 3.05) is 0 Å². The predicted octanol–water partition coefficient (Wildman–Crippen LogP) is 1.64. The van der Waals surface area contributed by atoms with Crippen LogP contribution in [0.15, 0.2) is 12.1 Å². The summed E-state index contributed by atoms with van der Waals surface area (Å²) in [5.74, 6) is -0.493. The first-order chi connectivity index (χ1) is 9.14. The van der Waals surface area contributed by atoms with Gasteiger partial charge in [-0.15, -0.1) is 0 Å². The summed E-state index contributed by atoms with van der Waals surface area (Å²) in [5, 5.41) is 19.5. The molecule has 1 aromatic rings. The van der Waals surface area contributed by atoms with Gasteiger partial charge in [0, 0.05) is 16.7 Å². The maximum Gasteiger partial charge on any atom is 0.427 e. The molecule has 1 N–H and O–H groups in total. The largest absolute Gasteiger partial charge is 0.427 e. The molecule has 0 fully saturated rings. The number of nitro benzene ring substituents is 1. The SMILES string of the molecule is N#Cc1cc(I)c(OC(=O)NS(=O)(=O)Cl)c([N+](=O)[O-])c1. The predicted molar refractivity (Wildman–Crippen MR) is 74.5 cm³/mol. The average Bonchev–Trinajstić information content (AvgIpc) is 2.28. The van der Waals surface area contributed by atoms with E-state index in [2.05, 4.69) is 4.74 Å². The van der Waals surface area contributed by atoms with Gasteiger partial charge in [-0.1, -0.05) is 0 Å². The average molecular weight is 432 g/mol. The first kappa shape index (κ1) is 16.4. The zero-order valence-electron chi connectivity index (χ0n) is 9.16. The van der Waals surface area contributed by atoms with Crippen LogP contribution in [0.25, 0.3) is 0 Å². The lowest BCUT2D eigenvalue weighted by molar-refractivity contribution is -0.385. The van der Waals surface area contributed by atoms with E-state index in [1.807, 2.05) is 0 Å². The van der Waals surface area contributed by atoms with E-state index in [9.17, 15) is 23.3 Å². The second-order valence-electron chi connectivity index (χ2n) is 3.10. The second-order valence-corrected chi connectivity index (χ2v) is 6.57. The molecule has 0 heterocycles. The van der Waals surface area contributed by atoms with Gasteiger partial charge in [0.25, 0.3) is 0 Å². The number of nitriles is 1. The van der Waals surface area contributed by atoms with Crippen molar-refractivity contribution in [3.63, 3.8) is 0 Å². The van der Waals surface area contributed by atoms with Crippen molar-refractivity contribution in [2.45, 2.75) is 0 Å². The molecule has 0 bridgehead atoms. The van der Waals surface area contributed by atoms with Crippen LogP contribution in [0.3, 0.4) is 0 Å². The van der Waals surface area contributed by atoms with Gasteiger partial charge in [-0.2, -0.15) is 13.7 Å². The fourth-order valence-corrected chi connectivity index (χ4v) is 2.24. The van der Waals surface area contributed by atoms with Crippen LogP contribution in [-0.2, 0) is 9.24 Å². The number of carbonyl (C=O) groups is 1. The molecule has 1 rings (SSSR count). The lowest BCUT2D eigenvalue weighted by atomic mass is 10.2. The first-order valence-corrected chi connectivity index (χ1v) is 7.85. The number of nitro groups is 1. The van der Waals surface area contributed by atoms with E-state index in [0.717, 1.165) is 6.07 Å². The Labute approximate surface area is 130 Å². The Hall–Kier alpha value is -1.65. The summed E-state index contributed by atoms with van der Waals surface area (Å²) in [6.07, 6.45) is -1.51. The minimum Gasteiger partial charge on any atom is -0.401 e. The highest BCUT2D eigenvalue weighted by atomic mass is 127. The quantitative estimate of drug-likeness (QED) is 0.332. The molecule has 0 aliphatic rings. The number of halogens is 2. The van der Waals surface area contributed by atoms with Gasteiger partial charge in [0.05, 0.1) is 20.1 Å². The van der Waals surface area contributed by atoms with E-state index in [0.29, 0.717) is 0 Å². The van der Waals surface area contributed by atoms with Crippen molar-refractivity contribution in [1.82, 2.24) is 4.72 Å². The lowest BCUT2D eigenvalue weighted by Crippen LogP contribution is -2.30. The molecule has 12 heteroatoms. The smallest absolute Gasteiger partial charge is 0.401 e. The lowest BCUT2D eigenvalue weighted by Gasteiger charge is -2.07. The maximum absolute atomic E-state index is 11.2. The van der Waals surface area contributed by atoms with Crippen LogP contribution in [0.4, 0.5) is 10.5 Å². The Bertz CT molecular complexity index is 728. The standard InChI is InChI=1S/C8H3ClIN3O6S/c9-20(17,18)12-8(14)19-7-5(10)1-4(3-11)2-6(7)13(15)16/h1-2H,(H,12,14). The molecular formula is C8H3ClIN3O6S. The molecule has 9 nitrogen and oxygen atoms in total. The number of hydrogen-bond donors (Lipinski definition) is 1. The van der Waals surface area contributed by atoms with Crippen LogP contribution in [0, 0.1) is 25.0 Å². The Morgan fingerprint density at radius 1 is 1.55 bits per heavy atom. The van der Waals surface area contributed by atoms with Crippen LogP contribution in [0.2, 0.25) is 0 Å². The zero-order valence-corrected chi connectivity index (χ0v) is 12.9. The number of hydrogen-bond acceptors (Lipinski definition) is 7. The van der Waals surface area contributed by atoms with Gasteiger partial charge in [-0.25, -0.2) is 9.52 Å². The summed E-state index contributed by atoms with van der Waals surface area (Å²) in [6, 6.07) is 3.82. The molecule has 0 unspecified atom stereocenters. The Balaban J connectivity index is 3.22. The monoisotopic (exact) mass is 431 g/mol. The highest BCUT2D eigenvalue weighted by Crippen LogP contribution is 2.33. The van der Waals surface area contributed by atoms with E-state index < -0.39 is 31.7 Å². The third kappa shape index (κ3) is 4.47. The zero-order chi connectivity index (χ0) is 15.5. The summed E-state index contributed by atoms with van der Waals surface area (Å²) in [5.41, 5.74) is -0.672. The fourth-order valence-electron chi connectivity index (χ4n) is 1.09. The number of nitrogens with one attached hydrogen (secondary N) is 1. The number of benzene rings is 1. The molecule has 106 valence electrons. The van der Waals surface area contributed by atoms with Crippen molar-refractivity contribution in [1.29, 1.82) is 5.26 Å². The molecular weight excluding hydrogens is 429 g/mol. The van der Waals surface area contributed by atoms with E-state index in [4.69, 9.17) is 15.9 Å². The van der Waals surface area contributed by atoms with E-state index >= 15 is 0 Å². The molecule has 20 heavy (non-hydrogen) atoms. The van der Waals surface area contributed by atoms with Crippen molar-refractivity contribution in [2.24, 2.45) is 0 Å². The normalized spacial score (nSPS) is 10.4. The molecule has 0 spiro atoms. The molecule has 1 aromatic carbocycles. The molecule has 0 aromatic heterocycles. The van der Waals surface area contributed by atoms with Gasteiger partial charge in [-0.05, 0) is 28.7 Å². The van der Waals surface area contributed by atoms with Gasteiger partial charge in [0.15, 0.2) is 0 Å². The van der Waals surface area contributed by atoms with Crippen LogP contribution >= 0.6 is 33.3 Å². The van der Waals surface area contributed by atoms with Crippen LogP contribution in [0.1, 0.15) is 5.56 Å². The first-order valence-electron chi connectivity index (χ1n) is 4.46. The summed E-state index contributed by atoms with van der Waals surface area (Å²) in [7, 11) is 0.386. The summed E-state index contributed by atoms with van der Waals surface area (Å²) in [6.45, 7) is 0. The topological polar surface area (TPSA) is 139 Å². The van der Waals surface area contributed by atoms with Crippen LogP contribution in [0.5, 0.6) is 5.75 Å². The molecule has 0 aliphatic heterocycles. The number of rotatable bonds is 3. The molecule has 0 aliphatic carbocycles. The van der Waals surface area contributed by atoms with Crippen molar-refractivity contribution < 1.29 is 22.9 Å². The molecule has 0 saturated heterocycles. The van der Waals surface area contributed by atoms with Crippen LogP contribution < -0.4 is 9.46 Å². The van der Waals surface area contributed by atoms with Gasteiger partial charge in [0.2, 0.25) is 5.75 Å². The summed E-state index contributed by atoms with van der Waals surface area (Å²) in [4.78, 5) is 21.2. The highest BCUT2D eigenvalue weighted by Gasteiger charge is 2.24. The Morgan fingerprint density at radius 3 is 2.60 bits per heavy atom. The molecule has 0 radical (unpaired) electrons. The van der Waals surface area contributed by atoms with Gasteiger partial charge >= 0.3 is 21.0 Å². The van der Waals surface area contributed by atoms with E-state index in [1.165, 1.54) is 10.8 Å². The molecule has 1 amide bonds. The number of carbonyl (C=O) groups excluding carboxylic acids is 1. The molecule has 0 atom stereocenters. The minimum absolute atomic E-state index is 0.0150. The summed E-state index contributed by atoms with van der Waals surface area (Å²) < 4.78 is 27.1. The van der Waals surface area contributed by atoms with Crippen molar-refractivity contribution in [3.05, 3.63) is 31.4 Å². The molecule has 0 saturated carbocycles. The van der Waals surface area contributed by atoms with E-state index in [1.54, 1.807) is 28.7 Å². The second kappa shape index (κ2) is 6.20. The van der Waals surface area contributed by atoms with Crippen molar-refractivity contribution >= 4 is 54.3 Å². The minimum atomic E-state index is -4.38. The van der Waals surface area contributed by atoms with E-state index in [-0.39, 0.29) is 9.13 Å². The number of amides is 1. The fraction of sp³-hybridized carbons (Fsp3) is 0. The van der Waals surface area contributed by atoms with Gasteiger partial charge in [-0.3, -0.25) is 10.1 Å². The van der Waals surface area contributed by atoms with Gasteiger partial charge < -0.3 is 4.74 Å². The maximum atomic E-state index is 11.2. The highest BCUT2D eigenvalue weighted by molar-refractivity contribution is 14.1. The van der Waals surface area contributed by atoms with Crippen molar-refractivity contribution in [3.8, 4) is 11.8 Å². The number of nitrogens with zero attached hydrogens (tertiary/aromatic N) is 2. The Kier molecular flexibility index (Phi) is 5.09. The number of ether oxygens (including phenoxy) is 1. The summed E-state index contributed by atoms with van der Waals surface area (Å²) >= 11 is 1.60. The van der Waals surface area contributed by atoms with Gasteiger partial charge in [0.1, 0.15) is 0 Å². The third-order valence-corrected chi connectivity index (χ3v) is 3.19. The Morgan fingerprint density at radius 2 is 2.15 bits per heavy atom.